The average Bonchev–Trinajstić information content (AvgIpc) is 2.40. The molecule has 1 N–H and O–H groups in total. The van der Waals surface area contributed by atoms with Crippen LogP contribution in [0.15, 0.2) is 0 Å². The lowest BCUT2D eigenvalue weighted by Crippen LogP contribution is -2.71. The van der Waals surface area contributed by atoms with Crippen molar-refractivity contribution in [1.82, 2.24) is 0 Å². The molecule has 0 bridgehead atoms. The fourth-order valence-electron chi connectivity index (χ4n) is 1.89. The third-order valence-corrected chi connectivity index (χ3v) is 3.62. The molecule has 0 aromatic heterocycles. The molecule has 4 atom stereocenters. The second-order valence-electron chi connectivity index (χ2n) is 5.38. The van der Waals surface area contributed by atoms with Crippen LogP contribution in [0.25, 0.3) is 0 Å². The summed E-state index contributed by atoms with van der Waals surface area (Å²) < 4.78 is 112. The Kier molecular flexibility index (Phi) is 5.46. The van der Waals surface area contributed by atoms with E-state index in [-0.39, 0.29) is 6.42 Å². The van der Waals surface area contributed by atoms with Crippen LogP contribution in [0.3, 0.4) is 0 Å². The molecule has 1 aliphatic heterocycles. The van der Waals surface area contributed by atoms with Crippen LogP contribution in [0.5, 0.6) is 0 Å². The molecule has 1 saturated heterocycles. The van der Waals surface area contributed by atoms with Crippen molar-refractivity contribution in [3.8, 4) is 0 Å². The summed E-state index contributed by atoms with van der Waals surface area (Å²) in [6, 6.07) is 0. The molecule has 1 aliphatic rings. The van der Waals surface area contributed by atoms with E-state index in [1.54, 1.807) is 0 Å². The van der Waals surface area contributed by atoms with Gasteiger partial charge in [0.25, 0.3) is 0 Å². The fourth-order valence-corrected chi connectivity index (χ4v) is 1.89. The summed E-state index contributed by atoms with van der Waals surface area (Å²) in [7, 11) is 0. The number of esters is 1. The molecule has 0 amide bonds. The Hall–Kier alpha value is -1.17. The first-order chi connectivity index (χ1) is 10.6. The highest BCUT2D eigenvalue weighted by atomic mass is 19.4. The van der Waals surface area contributed by atoms with Crippen molar-refractivity contribution in [2.75, 3.05) is 0 Å². The van der Waals surface area contributed by atoms with E-state index >= 15 is 0 Å². The maximum absolute atomic E-state index is 14.0. The molecule has 0 aromatic carbocycles. The quantitative estimate of drug-likeness (QED) is 0.609. The van der Waals surface area contributed by atoms with Crippen LogP contribution < -0.4 is 0 Å². The van der Waals surface area contributed by atoms with E-state index in [2.05, 4.69) is 9.47 Å². The second-order valence-corrected chi connectivity index (χ2v) is 5.38. The van der Waals surface area contributed by atoms with Gasteiger partial charge in [-0.25, -0.2) is 0 Å². The zero-order valence-electron chi connectivity index (χ0n) is 12.3. The Balaban J connectivity index is 3.27. The van der Waals surface area contributed by atoms with Crippen molar-refractivity contribution in [2.45, 2.75) is 63.0 Å². The number of hydrogen-bond acceptors (Lipinski definition) is 4. The lowest BCUT2D eigenvalue weighted by molar-refractivity contribution is -0.482. The van der Waals surface area contributed by atoms with E-state index in [9.17, 15) is 39.9 Å². The summed E-state index contributed by atoms with van der Waals surface area (Å²) in [6.07, 6.45) is -20.0. The van der Waals surface area contributed by atoms with Crippen LogP contribution in [0.1, 0.15) is 26.7 Å². The first kappa shape index (κ1) is 20.9. The minimum Gasteiger partial charge on any atom is -0.455 e. The van der Waals surface area contributed by atoms with Crippen molar-refractivity contribution in [3.63, 3.8) is 0 Å². The van der Waals surface area contributed by atoms with Gasteiger partial charge in [-0.15, -0.1) is 0 Å². The largest absolute Gasteiger partial charge is 0.455 e. The van der Waals surface area contributed by atoms with E-state index in [0.29, 0.717) is 0 Å². The van der Waals surface area contributed by atoms with Crippen molar-refractivity contribution in [1.29, 1.82) is 0 Å². The summed E-state index contributed by atoms with van der Waals surface area (Å²) in [4.78, 5) is 11.5. The summed E-state index contributed by atoms with van der Waals surface area (Å²) in [6.45, 7) is 2.62. The van der Waals surface area contributed by atoms with E-state index in [1.807, 2.05) is 0 Å². The Bertz CT molecular complexity index is 475. The Morgan fingerprint density at radius 3 is 2.17 bits per heavy atom. The number of aliphatic hydroxyl groups is 1. The predicted molar refractivity (Wildman–Crippen MR) is 60.8 cm³/mol. The van der Waals surface area contributed by atoms with Gasteiger partial charge in [0.15, 0.2) is 12.2 Å². The van der Waals surface area contributed by atoms with Crippen LogP contribution in [0, 0.1) is 5.92 Å². The van der Waals surface area contributed by atoms with Gasteiger partial charge in [0.05, 0.1) is 5.92 Å². The van der Waals surface area contributed by atoms with Crippen molar-refractivity contribution in [2.24, 2.45) is 5.92 Å². The first-order valence-electron chi connectivity index (χ1n) is 6.69. The van der Waals surface area contributed by atoms with Crippen molar-refractivity contribution < 1.29 is 54.5 Å². The van der Waals surface area contributed by atoms with Gasteiger partial charge in [0.2, 0.25) is 0 Å². The molecule has 4 unspecified atom stereocenters. The van der Waals surface area contributed by atoms with Crippen molar-refractivity contribution >= 4 is 5.97 Å². The first-order valence-corrected chi connectivity index (χ1v) is 6.69. The van der Waals surface area contributed by atoms with E-state index in [0.717, 1.165) is 0 Å². The highest BCUT2D eigenvalue weighted by Crippen LogP contribution is 2.52. The number of carbonyl (C=O) groups is 1. The number of halogens is 8. The lowest BCUT2D eigenvalue weighted by Gasteiger charge is -2.46. The molecule has 24 heavy (non-hydrogen) atoms. The minimum atomic E-state index is -6.26. The topological polar surface area (TPSA) is 55.8 Å². The standard InChI is InChI=1S/C12H14F8O4/c1-3-5(2)8(21)23-6-4-7(10(15,16)17)24-11(22,9(6,13)14)12(18,19)20/h5-7,22H,3-4H2,1-2H3. The van der Waals surface area contributed by atoms with Crippen LogP contribution in [-0.4, -0.2) is 47.3 Å². The van der Waals surface area contributed by atoms with Crippen LogP contribution in [0.2, 0.25) is 0 Å². The number of carbonyl (C=O) groups excluding carboxylic acids is 1. The normalized spacial score (nSPS) is 32.3. The van der Waals surface area contributed by atoms with Gasteiger partial charge in [-0.3, -0.25) is 4.79 Å². The molecular weight excluding hydrogens is 360 g/mol. The van der Waals surface area contributed by atoms with Gasteiger partial charge in [0, 0.05) is 6.42 Å². The van der Waals surface area contributed by atoms with Gasteiger partial charge in [-0.05, 0) is 6.42 Å². The van der Waals surface area contributed by atoms with E-state index in [1.165, 1.54) is 13.8 Å². The van der Waals surface area contributed by atoms with Gasteiger partial charge in [-0.2, -0.15) is 35.1 Å². The fraction of sp³-hybridized carbons (Fsp3) is 0.917. The molecule has 1 heterocycles. The van der Waals surface area contributed by atoms with Gasteiger partial charge in [-0.1, -0.05) is 13.8 Å². The monoisotopic (exact) mass is 374 g/mol. The molecule has 4 nitrogen and oxygen atoms in total. The zero-order valence-corrected chi connectivity index (χ0v) is 12.3. The molecular formula is C12H14F8O4. The molecule has 0 aromatic rings. The molecule has 0 saturated carbocycles. The average molecular weight is 374 g/mol. The third-order valence-electron chi connectivity index (χ3n) is 3.62. The minimum absolute atomic E-state index is 0.0554. The van der Waals surface area contributed by atoms with E-state index < -0.39 is 54.6 Å². The summed E-state index contributed by atoms with van der Waals surface area (Å²) in [5, 5.41) is 9.16. The number of ether oxygens (including phenoxy) is 2. The summed E-state index contributed by atoms with van der Waals surface area (Å²) >= 11 is 0. The molecule has 12 heteroatoms. The molecule has 0 aliphatic carbocycles. The second kappa shape index (κ2) is 6.28. The molecule has 0 spiro atoms. The van der Waals surface area contributed by atoms with Crippen LogP contribution >= 0.6 is 0 Å². The predicted octanol–water partition coefficient (Wildman–Crippen LogP) is 3.18. The van der Waals surface area contributed by atoms with Gasteiger partial charge in [0.1, 0.15) is 0 Å². The van der Waals surface area contributed by atoms with Crippen LogP contribution in [-0.2, 0) is 14.3 Å². The zero-order chi connectivity index (χ0) is 19.1. The molecule has 142 valence electrons. The highest BCUT2D eigenvalue weighted by Gasteiger charge is 2.79. The third kappa shape index (κ3) is 3.58. The lowest BCUT2D eigenvalue weighted by atomic mass is 9.92. The number of rotatable bonds is 3. The van der Waals surface area contributed by atoms with Crippen molar-refractivity contribution in [3.05, 3.63) is 0 Å². The smallest absolute Gasteiger partial charge is 0.449 e. The Morgan fingerprint density at radius 2 is 1.79 bits per heavy atom. The summed E-state index contributed by atoms with van der Waals surface area (Å²) in [5.74, 6) is -13.2. The Morgan fingerprint density at radius 1 is 1.29 bits per heavy atom. The number of hydrogen-bond donors (Lipinski definition) is 1. The summed E-state index contributed by atoms with van der Waals surface area (Å²) in [5.41, 5.74) is 0. The SMILES string of the molecule is CCC(C)C(=O)OC1CC(C(F)(F)F)OC(O)(C(F)(F)F)C1(F)F. The molecule has 0 radical (unpaired) electrons. The molecule has 1 rings (SSSR count). The van der Waals surface area contributed by atoms with E-state index in [4.69, 9.17) is 5.11 Å². The van der Waals surface area contributed by atoms with Gasteiger partial charge >= 0.3 is 30.0 Å². The molecule has 1 fully saturated rings. The number of alkyl halides is 8. The maximum atomic E-state index is 14.0. The highest BCUT2D eigenvalue weighted by molar-refractivity contribution is 5.72. The Labute approximate surface area is 130 Å². The van der Waals surface area contributed by atoms with Crippen LogP contribution in [0.4, 0.5) is 35.1 Å². The maximum Gasteiger partial charge on any atom is 0.449 e. The van der Waals surface area contributed by atoms with Gasteiger partial charge < -0.3 is 14.6 Å².